The first-order valence-corrected chi connectivity index (χ1v) is 12.7. The van der Waals surface area contributed by atoms with Gasteiger partial charge in [-0.25, -0.2) is 4.79 Å². The summed E-state index contributed by atoms with van der Waals surface area (Å²) < 4.78 is 13.7. The van der Waals surface area contributed by atoms with Crippen molar-refractivity contribution in [3.8, 4) is 0 Å². The van der Waals surface area contributed by atoms with Crippen LogP contribution in [0, 0.1) is 6.92 Å². The van der Waals surface area contributed by atoms with Crippen molar-refractivity contribution in [1.29, 1.82) is 0 Å². The Morgan fingerprint density at radius 2 is 1.82 bits per heavy atom. The first kappa shape index (κ1) is 22.4. The second-order valence-electron chi connectivity index (χ2n) is 9.94. The number of benzene rings is 1. The molecular formula is C23H35NO3Si. The minimum Gasteiger partial charge on any atom is -0.443 e. The Kier molecular flexibility index (Phi) is 6.03. The van der Waals surface area contributed by atoms with Crippen molar-refractivity contribution in [3.63, 3.8) is 0 Å². The fraction of sp³-hybridized carbons (Fsp3) is 0.522. The van der Waals surface area contributed by atoms with Crippen molar-refractivity contribution in [3.05, 3.63) is 41.6 Å². The summed E-state index contributed by atoms with van der Waals surface area (Å²) in [4.78, 5) is 12.7. The minimum atomic E-state index is -1.90. The van der Waals surface area contributed by atoms with E-state index in [0.29, 0.717) is 6.61 Å². The molecule has 1 heterocycles. The molecule has 5 heteroatoms. The van der Waals surface area contributed by atoms with Crippen molar-refractivity contribution in [2.75, 3.05) is 0 Å². The van der Waals surface area contributed by atoms with Crippen LogP contribution >= 0.6 is 0 Å². The summed E-state index contributed by atoms with van der Waals surface area (Å²) in [5.41, 5.74) is 3.45. The van der Waals surface area contributed by atoms with Crippen LogP contribution in [0.4, 0.5) is 4.79 Å². The molecule has 1 aromatic heterocycles. The standard InChI is InChI=1S/C23H35NO3Si/c1-11-17-14-16(2)20-18(12-13-24(20)21(25)27-22(3,4)5)19(17)15-26-28(9,10)23(6,7)8/h11-14H,1,15H2,2-10H3. The average Bonchev–Trinajstić information content (AvgIpc) is 2.96. The third kappa shape index (κ3) is 4.58. The van der Waals surface area contributed by atoms with E-state index < -0.39 is 13.9 Å². The summed E-state index contributed by atoms with van der Waals surface area (Å²) in [6.07, 6.45) is 3.28. The van der Waals surface area contributed by atoms with Gasteiger partial charge in [-0.3, -0.25) is 4.57 Å². The van der Waals surface area contributed by atoms with Crippen molar-refractivity contribution in [1.82, 2.24) is 4.57 Å². The molecule has 1 aromatic carbocycles. The van der Waals surface area contributed by atoms with E-state index in [1.807, 2.05) is 39.8 Å². The van der Waals surface area contributed by atoms with Gasteiger partial charge >= 0.3 is 6.09 Å². The summed E-state index contributed by atoms with van der Waals surface area (Å²) in [5, 5.41) is 1.15. The van der Waals surface area contributed by atoms with Crippen LogP contribution in [-0.4, -0.2) is 24.6 Å². The molecule has 0 aliphatic carbocycles. The van der Waals surface area contributed by atoms with Crippen molar-refractivity contribution < 1.29 is 14.0 Å². The molecule has 0 radical (unpaired) electrons. The van der Waals surface area contributed by atoms with Gasteiger partial charge in [0.1, 0.15) is 5.60 Å². The third-order valence-electron chi connectivity index (χ3n) is 5.50. The maximum absolute atomic E-state index is 12.7. The molecule has 0 aliphatic heterocycles. The molecule has 0 fully saturated rings. The van der Waals surface area contributed by atoms with Gasteiger partial charge in [-0.05, 0) is 74.7 Å². The average molecular weight is 402 g/mol. The van der Waals surface area contributed by atoms with Gasteiger partial charge in [-0.1, -0.05) is 33.4 Å². The molecule has 2 aromatic rings. The Morgan fingerprint density at radius 3 is 2.32 bits per heavy atom. The molecule has 2 rings (SSSR count). The van der Waals surface area contributed by atoms with Crippen LogP contribution < -0.4 is 0 Å². The monoisotopic (exact) mass is 401 g/mol. The van der Waals surface area contributed by atoms with E-state index in [1.54, 1.807) is 10.8 Å². The predicted molar refractivity (Wildman–Crippen MR) is 120 cm³/mol. The molecular weight excluding hydrogens is 366 g/mol. The smallest absolute Gasteiger partial charge is 0.418 e. The number of nitrogens with zero attached hydrogens (tertiary/aromatic N) is 1. The predicted octanol–water partition coefficient (Wildman–Crippen LogP) is 6.90. The highest BCUT2D eigenvalue weighted by atomic mass is 28.4. The van der Waals surface area contributed by atoms with Gasteiger partial charge in [0.05, 0.1) is 12.1 Å². The zero-order chi connectivity index (χ0) is 21.5. The molecule has 0 unspecified atom stereocenters. The van der Waals surface area contributed by atoms with Crippen LogP contribution in [0.2, 0.25) is 18.1 Å². The van der Waals surface area contributed by atoms with E-state index in [-0.39, 0.29) is 11.1 Å². The number of aromatic nitrogens is 1. The highest BCUT2D eigenvalue weighted by molar-refractivity contribution is 6.74. The SMILES string of the molecule is C=Cc1cc(C)c2c(ccn2C(=O)OC(C)(C)C)c1CO[Si](C)(C)C(C)(C)C. The van der Waals surface area contributed by atoms with E-state index in [0.717, 1.165) is 27.6 Å². The Morgan fingerprint density at radius 1 is 1.21 bits per heavy atom. The topological polar surface area (TPSA) is 40.5 Å². The van der Waals surface area contributed by atoms with Crippen LogP contribution in [0.5, 0.6) is 0 Å². The van der Waals surface area contributed by atoms with Gasteiger partial charge < -0.3 is 9.16 Å². The Hall–Kier alpha value is -1.85. The van der Waals surface area contributed by atoms with E-state index in [4.69, 9.17) is 9.16 Å². The lowest BCUT2D eigenvalue weighted by atomic mass is 10.00. The van der Waals surface area contributed by atoms with Gasteiger partial charge in [0.2, 0.25) is 0 Å². The number of fused-ring (bicyclic) bond motifs is 1. The molecule has 0 saturated carbocycles. The summed E-state index contributed by atoms with van der Waals surface area (Å²) in [6.45, 7) is 23.3. The van der Waals surface area contributed by atoms with E-state index >= 15 is 0 Å². The molecule has 4 nitrogen and oxygen atoms in total. The summed E-state index contributed by atoms with van der Waals surface area (Å²) in [7, 11) is -1.90. The van der Waals surface area contributed by atoms with E-state index in [1.165, 1.54) is 0 Å². The first-order chi connectivity index (χ1) is 12.7. The number of rotatable bonds is 4. The van der Waals surface area contributed by atoms with Gasteiger partial charge in [-0.2, -0.15) is 0 Å². The normalized spacial score (nSPS) is 13.0. The van der Waals surface area contributed by atoms with E-state index in [9.17, 15) is 4.79 Å². The number of carbonyl (C=O) groups excluding carboxylic acids is 1. The Bertz CT molecular complexity index is 895. The molecule has 154 valence electrons. The fourth-order valence-corrected chi connectivity index (χ4v) is 3.84. The molecule has 28 heavy (non-hydrogen) atoms. The molecule has 0 amide bonds. The van der Waals surface area contributed by atoms with Gasteiger partial charge in [0.25, 0.3) is 0 Å². The second-order valence-corrected chi connectivity index (χ2v) is 14.8. The fourth-order valence-electron chi connectivity index (χ4n) is 2.90. The van der Waals surface area contributed by atoms with Crippen LogP contribution in [-0.2, 0) is 15.8 Å². The van der Waals surface area contributed by atoms with Crippen molar-refractivity contribution >= 4 is 31.4 Å². The van der Waals surface area contributed by atoms with E-state index in [2.05, 4.69) is 46.5 Å². The van der Waals surface area contributed by atoms with Crippen LogP contribution in [0.3, 0.4) is 0 Å². The molecule has 0 atom stereocenters. The molecule has 0 N–H and O–H groups in total. The number of carbonyl (C=O) groups is 1. The van der Waals surface area contributed by atoms with Crippen LogP contribution in [0.15, 0.2) is 24.9 Å². The highest BCUT2D eigenvalue weighted by Gasteiger charge is 2.37. The molecule has 0 saturated heterocycles. The quantitative estimate of drug-likeness (QED) is 0.523. The second kappa shape index (κ2) is 7.52. The maximum Gasteiger partial charge on any atom is 0.418 e. The minimum absolute atomic E-state index is 0.133. The maximum atomic E-state index is 12.7. The van der Waals surface area contributed by atoms with Gasteiger partial charge in [-0.15, -0.1) is 0 Å². The molecule has 0 aliphatic rings. The Labute approximate surface area is 170 Å². The Balaban J connectivity index is 2.53. The van der Waals surface area contributed by atoms with Gasteiger partial charge in [0, 0.05) is 11.6 Å². The summed E-state index contributed by atoms with van der Waals surface area (Å²) in [5.74, 6) is 0. The molecule has 0 bridgehead atoms. The summed E-state index contributed by atoms with van der Waals surface area (Å²) in [6, 6.07) is 4.05. The molecule has 0 spiro atoms. The zero-order valence-corrected chi connectivity index (χ0v) is 19.9. The highest BCUT2D eigenvalue weighted by Crippen LogP contribution is 2.38. The van der Waals surface area contributed by atoms with Crippen LogP contribution in [0.1, 0.15) is 58.2 Å². The number of aryl methyl sites for hydroxylation is 1. The third-order valence-corrected chi connectivity index (χ3v) is 9.98. The number of ether oxygens (including phenoxy) is 1. The largest absolute Gasteiger partial charge is 0.443 e. The van der Waals surface area contributed by atoms with Crippen molar-refractivity contribution in [2.45, 2.75) is 78.8 Å². The zero-order valence-electron chi connectivity index (χ0n) is 18.9. The number of hydrogen-bond donors (Lipinski definition) is 0. The van der Waals surface area contributed by atoms with Gasteiger partial charge in [0.15, 0.2) is 8.32 Å². The lowest BCUT2D eigenvalue weighted by molar-refractivity contribution is 0.0544. The van der Waals surface area contributed by atoms with Crippen molar-refractivity contribution in [2.24, 2.45) is 0 Å². The summed E-state index contributed by atoms with van der Waals surface area (Å²) >= 11 is 0. The number of hydrogen-bond acceptors (Lipinski definition) is 3. The lowest BCUT2D eigenvalue weighted by Crippen LogP contribution is -2.40. The lowest BCUT2D eigenvalue weighted by Gasteiger charge is -2.36. The first-order valence-electron chi connectivity index (χ1n) is 9.81. The van der Waals surface area contributed by atoms with Crippen LogP contribution in [0.25, 0.3) is 17.0 Å².